The molecule has 0 aromatic heterocycles. The first-order valence-corrected chi connectivity index (χ1v) is 4.80. The molecule has 0 radical (unpaired) electrons. The summed E-state index contributed by atoms with van der Waals surface area (Å²) in [4.78, 5) is 0. The van der Waals surface area contributed by atoms with Crippen molar-refractivity contribution < 1.29 is 4.74 Å². The minimum atomic E-state index is 0.740. The fourth-order valence-corrected chi connectivity index (χ4v) is 1.06. The van der Waals surface area contributed by atoms with Crippen LogP contribution in [0.25, 0.3) is 0 Å². The fourth-order valence-electron chi connectivity index (χ4n) is 1.06. The van der Waals surface area contributed by atoms with Crippen molar-refractivity contribution in [2.24, 2.45) is 5.10 Å². The average Bonchev–Trinajstić information content (AvgIpc) is 2.24. The molecule has 0 unspecified atom stereocenters. The van der Waals surface area contributed by atoms with Crippen LogP contribution in [0.2, 0.25) is 0 Å². The van der Waals surface area contributed by atoms with E-state index in [0.717, 1.165) is 24.3 Å². The van der Waals surface area contributed by atoms with Crippen molar-refractivity contribution in [3.8, 4) is 5.75 Å². The van der Waals surface area contributed by atoms with Crippen LogP contribution in [-0.4, -0.2) is 19.9 Å². The van der Waals surface area contributed by atoms with Crippen molar-refractivity contribution >= 4 is 6.21 Å². The number of hydrogen-bond donors (Lipinski definition) is 1. The van der Waals surface area contributed by atoms with E-state index in [2.05, 4.69) is 17.5 Å². The van der Waals surface area contributed by atoms with Crippen molar-refractivity contribution in [1.29, 1.82) is 0 Å². The zero-order valence-corrected chi connectivity index (χ0v) is 8.66. The van der Waals surface area contributed by atoms with Gasteiger partial charge in [-0.2, -0.15) is 5.10 Å². The van der Waals surface area contributed by atoms with Crippen molar-refractivity contribution in [3.63, 3.8) is 0 Å². The van der Waals surface area contributed by atoms with Gasteiger partial charge in [0.1, 0.15) is 5.75 Å². The quantitative estimate of drug-likeness (QED) is 0.572. The Morgan fingerprint density at radius 1 is 1.43 bits per heavy atom. The van der Waals surface area contributed by atoms with Gasteiger partial charge in [-0.15, -0.1) is 0 Å². The van der Waals surface area contributed by atoms with Gasteiger partial charge >= 0.3 is 0 Å². The summed E-state index contributed by atoms with van der Waals surface area (Å²) in [6.45, 7) is 2.83. The van der Waals surface area contributed by atoms with Crippen LogP contribution in [0.1, 0.15) is 18.9 Å². The van der Waals surface area contributed by atoms with E-state index in [9.17, 15) is 0 Å². The van der Waals surface area contributed by atoms with Gasteiger partial charge in [-0.3, -0.25) is 0 Å². The van der Waals surface area contributed by atoms with E-state index in [1.807, 2.05) is 24.3 Å². The van der Waals surface area contributed by atoms with Gasteiger partial charge in [0.05, 0.1) is 12.8 Å². The van der Waals surface area contributed by atoms with Gasteiger partial charge in [0, 0.05) is 12.6 Å². The topological polar surface area (TPSA) is 33.6 Å². The summed E-state index contributed by atoms with van der Waals surface area (Å²) in [5, 5.41) is 3.96. The van der Waals surface area contributed by atoms with E-state index < -0.39 is 0 Å². The third-order valence-electron chi connectivity index (χ3n) is 1.71. The predicted molar refractivity (Wildman–Crippen MR) is 58.9 cm³/mol. The van der Waals surface area contributed by atoms with Crippen LogP contribution in [0.4, 0.5) is 0 Å². The summed E-state index contributed by atoms with van der Waals surface area (Å²) in [6, 6.07) is 7.86. The normalized spacial score (nSPS) is 10.4. The minimum absolute atomic E-state index is 0.740. The van der Waals surface area contributed by atoms with E-state index in [0.29, 0.717) is 0 Å². The highest BCUT2D eigenvalue weighted by Gasteiger charge is 1.98. The Morgan fingerprint density at radius 2 is 2.21 bits per heavy atom. The minimum Gasteiger partial charge on any atom is -0.493 e. The lowest BCUT2D eigenvalue weighted by molar-refractivity contribution is 0.317. The number of nitrogens with one attached hydrogen (secondary N) is 1. The van der Waals surface area contributed by atoms with Crippen LogP contribution < -0.4 is 10.2 Å². The highest BCUT2D eigenvalue weighted by molar-refractivity contribution is 5.83. The Hall–Kier alpha value is -1.51. The lowest BCUT2D eigenvalue weighted by Gasteiger charge is -2.06. The number of hydrazone groups is 1. The molecular weight excluding hydrogens is 176 g/mol. The molecule has 0 heterocycles. The van der Waals surface area contributed by atoms with Crippen LogP contribution in [0.5, 0.6) is 5.75 Å². The molecule has 0 spiro atoms. The van der Waals surface area contributed by atoms with Crippen LogP contribution in [0, 0.1) is 0 Å². The Morgan fingerprint density at radius 3 is 2.93 bits per heavy atom. The Bertz CT molecular complexity index is 297. The predicted octanol–water partition coefficient (Wildman–Crippen LogP) is 2.03. The summed E-state index contributed by atoms with van der Waals surface area (Å²) >= 11 is 0. The van der Waals surface area contributed by atoms with Gasteiger partial charge in [0.15, 0.2) is 0 Å². The molecule has 0 saturated carbocycles. The first-order valence-electron chi connectivity index (χ1n) is 4.80. The maximum absolute atomic E-state index is 5.56. The van der Waals surface area contributed by atoms with Gasteiger partial charge in [-0.25, -0.2) is 0 Å². The average molecular weight is 192 g/mol. The van der Waals surface area contributed by atoms with Crippen LogP contribution in [-0.2, 0) is 0 Å². The molecule has 1 aromatic rings. The number of hydrogen-bond acceptors (Lipinski definition) is 3. The molecule has 3 nitrogen and oxygen atoms in total. The summed E-state index contributed by atoms with van der Waals surface area (Å²) in [6.07, 6.45) is 2.77. The van der Waals surface area contributed by atoms with Gasteiger partial charge in [-0.05, 0) is 18.6 Å². The molecule has 0 aliphatic rings. The Balaban J connectivity index is 2.74. The molecule has 0 atom stereocenters. The molecule has 0 saturated heterocycles. The number of rotatable bonds is 5. The van der Waals surface area contributed by atoms with E-state index in [-0.39, 0.29) is 0 Å². The maximum atomic E-state index is 5.56. The van der Waals surface area contributed by atoms with Crippen LogP contribution >= 0.6 is 0 Å². The maximum Gasteiger partial charge on any atom is 0.128 e. The summed E-state index contributed by atoms with van der Waals surface area (Å²) < 4.78 is 5.56. The van der Waals surface area contributed by atoms with E-state index in [1.165, 1.54) is 0 Å². The van der Waals surface area contributed by atoms with Crippen molar-refractivity contribution in [1.82, 2.24) is 5.43 Å². The van der Waals surface area contributed by atoms with Gasteiger partial charge < -0.3 is 10.2 Å². The molecule has 1 rings (SSSR count). The first kappa shape index (κ1) is 10.6. The van der Waals surface area contributed by atoms with E-state index in [4.69, 9.17) is 4.74 Å². The summed E-state index contributed by atoms with van der Waals surface area (Å²) in [5.41, 5.74) is 3.71. The highest BCUT2D eigenvalue weighted by atomic mass is 16.5. The smallest absolute Gasteiger partial charge is 0.128 e. The molecule has 0 bridgehead atoms. The number of benzene rings is 1. The Kier molecular flexibility index (Phi) is 4.55. The second kappa shape index (κ2) is 6.02. The molecule has 0 aliphatic heterocycles. The molecule has 14 heavy (non-hydrogen) atoms. The molecule has 0 fully saturated rings. The lowest BCUT2D eigenvalue weighted by Crippen LogP contribution is -2.00. The molecule has 3 heteroatoms. The second-order valence-corrected chi connectivity index (χ2v) is 2.87. The van der Waals surface area contributed by atoms with Gasteiger partial charge in [-0.1, -0.05) is 19.1 Å². The molecule has 1 N–H and O–H groups in total. The van der Waals surface area contributed by atoms with E-state index >= 15 is 0 Å². The number of ether oxygens (including phenoxy) is 1. The van der Waals surface area contributed by atoms with Gasteiger partial charge in [0.2, 0.25) is 0 Å². The third kappa shape index (κ3) is 3.09. The standard InChI is InChI=1S/C11H16N2O/c1-3-8-14-11-7-5-4-6-10(11)9-13-12-2/h4-7,9,12H,3,8H2,1-2H3/b13-9+. The van der Waals surface area contributed by atoms with Crippen molar-refractivity contribution in [3.05, 3.63) is 29.8 Å². The Labute approximate surface area is 84.8 Å². The van der Waals surface area contributed by atoms with Crippen LogP contribution in [0.15, 0.2) is 29.4 Å². The van der Waals surface area contributed by atoms with Crippen molar-refractivity contribution in [2.75, 3.05) is 13.7 Å². The number of nitrogens with zero attached hydrogens (tertiary/aromatic N) is 1. The molecular formula is C11H16N2O. The highest BCUT2D eigenvalue weighted by Crippen LogP contribution is 2.15. The first-order chi connectivity index (χ1) is 6.88. The lowest BCUT2D eigenvalue weighted by atomic mass is 10.2. The van der Waals surface area contributed by atoms with Gasteiger partial charge in [0.25, 0.3) is 0 Å². The largest absolute Gasteiger partial charge is 0.493 e. The third-order valence-corrected chi connectivity index (χ3v) is 1.71. The molecule has 0 amide bonds. The zero-order valence-electron chi connectivity index (χ0n) is 8.66. The summed E-state index contributed by atoms with van der Waals surface area (Å²) in [5.74, 6) is 0.883. The number of para-hydroxylation sites is 1. The van der Waals surface area contributed by atoms with Crippen LogP contribution in [0.3, 0.4) is 0 Å². The van der Waals surface area contributed by atoms with E-state index in [1.54, 1.807) is 13.3 Å². The summed E-state index contributed by atoms with van der Waals surface area (Å²) in [7, 11) is 1.77. The monoisotopic (exact) mass is 192 g/mol. The zero-order chi connectivity index (χ0) is 10.2. The molecule has 0 aliphatic carbocycles. The second-order valence-electron chi connectivity index (χ2n) is 2.87. The van der Waals surface area contributed by atoms with Crippen molar-refractivity contribution in [2.45, 2.75) is 13.3 Å². The molecule has 1 aromatic carbocycles. The SMILES string of the molecule is CCCOc1ccccc1/C=N/NC. The fraction of sp³-hybridized carbons (Fsp3) is 0.364. The molecule has 76 valence electrons.